The second-order valence-corrected chi connectivity index (χ2v) is 9.30. The average molecular weight is 525 g/mol. The lowest BCUT2D eigenvalue weighted by Crippen LogP contribution is -2.48. The Morgan fingerprint density at radius 3 is 2.15 bits per heavy atom. The highest BCUT2D eigenvalue weighted by Crippen LogP contribution is 2.33. The van der Waals surface area contributed by atoms with Crippen LogP contribution in [-0.4, -0.2) is 48.0 Å². The zero-order valence-corrected chi connectivity index (χ0v) is 21.3. The van der Waals surface area contributed by atoms with Crippen LogP contribution in [0.15, 0.2) is 97.3 Å². The number of amides is 3. The third kappa shape index (κ3) is 6.22. The van der Waals surface area contributed by atoms with Crippen LogP contribution in [0.4, 0.5) is 26.2 Å². The zero-order valence-electron chi connectivity index (χ0n) is 21.3. The molecule has 3 aromatic carbocycles. The van der Waals surface area contributed by atoms with Crippen LogP contribution >= 0.6 is 0 Å². The molecule has 198 valence electrons. The van der Waals surface area contributed by atoms with Crippen LogP contribution in [0.1, 0.15) is 27.5 Å². The summed E-state index contributed by atoms with van der Waals surface area (Å²) >= 11 is 0. The van der Waals surface area contributed by atoms with Crippen molar-refractivity contribution in [2.45, 2.75) is 6.04 Å². The highest BCUT2D eigenvalue weighted by Gasteiger charge is 2.28. The van der Waals surface area contributed by atoms with Crippen molar-refractivity contribution in [1.82, 2.24) is 9.88 Å². The molecule has 0 aliphatic carbocycles. The van der Waals surface area contributed by atoms with Crippen LogP contribution in [0.3, 0.4) is 0 Å². The van der Waals surface area contributed by atoms with E-state index in [1.807, 2.05) is 48.5 Å². The smallest absolute Gasteiger partial charge is 0.323 e. The molecule has 4 aromatic rings. The molecule has 0 spiro atoms. The van der Waals surface area contributed by atoms with Gasteiger partial charge in [-0.25, -0.2) is 9.18 Å². The summed E-state index contributed by atoms with van der Waals surface area (Å²) in [5, 5.41) is 5.69. The molecular formula is C30H29FN6O2. The first-order valence-electron chi connectivity index (χ1n) is 12.7. The average Bonchev–Trinajstić information content (AvgIpc) is 2.96. The number of benzene rings is 3. The van der Waals surface area contributed by atoms with E-state index >= 15 is 0 Å². The molecule has 1 fully saturated rings. The van der Waals surface area contributed by atoms with E-state index in [4.69, 9.17) is 5.73 Å². The lowest BCUT2D eigenvalue weighted by atomic mass is 9.97. The Morgan fingerprint density at radius 1 is 0.821 bits per heavy atom. The number of nitrogens with one attached hydrogen (secondary N) is 2. The van der Waals surface area contributed by atoms with E-state index in [9.17, 15) is 14.0 Å². The summed E-state index contributed by atoms with van der Waals surface area (Å²) in [5.41, 5.74) is 9.86. The lowest BCUT2D eigenvalue weighted by Gasteiger charge is -2.41. The van der Waals surface area contributed by atoms with Gasteiger partial charge in [-0.15, -0.1) is 0 Å². The van der Waals surface area contributed by atoms with Crippen molar-refractivity contribution in [3.63, 3.8) is 0 Å². The van der Waals surface area contributed by atoms with Crippen molar-refractivity contribution < 1.29 is 14.0 Å². The number of nitrogens with two attached hydrogens (primary N) is 1. The highest BCUT2D eigenvalue weighted by molar-refractivity contribution is 6.03. The van der Waals surface area contributed by atoms with E-state index < -0.39 is 11.9 Å². The molecule has 39 heavy (non-hydrogen) atoms. The van der Waals surface area contributed by atoms with E-state index in [1.165, 1.54) is 12.1 Å². The van der Waals surface area contributed by atoms with Gasteiger partial charge in [0.25, 0.3) is 0 Å². The van der Waals surface area contributed by atoms with Gasteiger partial charge in [-0.05, 0) is 65.7 Å². The normalized spacial score (nSPS) is 14.4. The Balaban J connectivity index is 1.35. The largest absolute Gasteiger partial charge is 0.367 e. The van der Waals surface area contributed by atoms with Gasteiger partial charge in [-0.3, -0.25) is 14.7 Å². The molecule has 2 heterocycles. The minimum Gasteiger partial charge on any atom is -0.367 e. The first kappa shape index (κ1) is 25.9. The number of hydrogen-bond donors (Lipinski definition) is 3. The minimum absolute atomic E-state index is 0.0535. The molecule has 3 amide bonds. The number of carbonyl (C=O) groups excluding carboxylic acids is 2. The summed E-state index contributed by atoms with van der Waals surface area (Å²) in [5.74, 6) is -0.842. The summed E-state index contributed by atoms with van der Waals surface area (Å²) in [4.78, 5) is 33.3. The van der Waals surface area contributed by atoms with Gasteiger partial charge in [0.2, 0.25) is 5.91 Å². The molecule has 1 atom stereocenters. The van der Waals surface area contributed by atoms with Gasteiger partial charge in [0.05, 0.1) is 17.4 Å². The van der Waals surface area contributed by atoms with E-state index in [0.29, 0.717) is 30.0 Å². The quantitative estimate of drug-likeness (QED) is 0.320. The Hall–Kier alpha value is -4.76. The van der Waals surface area contributed by atoms with Crippen molar-refractivity contribution in [3.05, 3.63) is 120 Å². The SMILES string of the molecule is NC(=O)c1ccc(N2CCN(C(c3ccncc3)c3ccc(F)cc3)CC2)c(NC(=O)Nc2ccccc2)c1. The molecule has 1 saturated heterocycles. The number of halogens is 1. The van der Waals surface area contributed by atoms with Crippen molar-refractivity contribution in [3.8, 4) is 0 Å². The van der Waals surface area contributed by atoms with Gasteiger partial charge >= 0.3 is 6.03 Å². The lowest BCUT2D eigenvalue weighted by molar-refractivity contribution is 0.1000. The van der Waals surface area contributed by atoms with Gasteiger partial charge in [0.15, 0.2) is 0 Å². The van der Waals surface area contributed by atoms with E-state index in [-0.39, 0.29) is 11.9 Å². The van der Waals surface area contributed by atoms with Gasteiger partial charge in [0.1, 0.15) is 5.82 Å². The molecule has 9 heteroatoms. The summed E-state index contributed by atoms with van der Waals surface area (Å²) in [6.07, 6.45) is 3.53. The molecule has 1 aromatic heterocycles. The number of primary amides is 1. The number of carbonyl (C=O) groups is 2. The number of hydrogen-bond acceptors (Lipinski definition) is 5. The molecule has 0 radical (unpaired) electrons. The topological polar surface area (TPSA) is 104 Å². The number of aromatic nitrogens is 1. The standard InChI is InChI=1S/C30H29FN6O2/c31-24-9-6-21(7-10-24)28(22-12-14-33-15-13-22)37-18-16-36(17-19-37)27-11-8-23(29(32)38)20-26(27)35-30(39)34-25-4-2-1-3-5-25/h1-15,20,28H,16-19H2,(H2,32,38)(H2,34,35,39). The van der Waals surface area contributed by atoms with Crippen molar-refractivity contribution in [2.24, 2.45) is 5.73 Å². The molecule has 0 bridgehead atoms. The third-order valence-corrected chi connectivity index (χ3v) is 6.79. The van der Waals surface area contributed by atoms with Crippen LogP contribution in [0.5, 0.6) is 0 Å². The Kier molecular flexibility index (Phi) is 7.79. The number of anilines is 3. The molecular weight excluding hydrogens is 495 g/mol. The molecule has 5 rings (SSSR count). The second-order valence-electron chi connectivity index (χ2n) is 9.30. The van der Waals surface area contributed by atoms with E-state index in [1.54, 1.807) is 36.7 Å². The molecule has 0 saturated carbocycles. The predicted molar refractivity (Wildman–Crippen MR) is 150 cm³/mol. The maximum atomic E-state index is 13.7. The monoisotopic (exact) mass is 524 g/mol. The minimum atomic E-state index is -0.572. The Bertz CT molecular complexity index is 1430. The molecule has 1 unspecified atom stereocenters. The summed E-state index contributed by atoms with van der Waals surface area (Å²) in [7, 11) is 0. The van der Waals surface area contributed by atoms with Crippen LogP contribution in [0.2, 0.25) is 0 Å². The molecule has 1 aliphatic rings. The maximum Gasteiger partial charge on any atom is 0.323 e. The number of piperazine rings is 1. The number of nitrogens with zero attached hydrogens (tertiary/aromatic N) is 3. The number of para-hydroxylation sites is 1. The fourth-order valence-corrected chi connectivity index (χ4v) is 4.90. The van der Waals surface area contributed by atoms with Crippen molar-refractivity contribution in [2.75, 3.05) is 41.7 Å². The van der Waals surface area contributed by atoms with Gasteiger partial charge in [-0.1, -0.05) is 30.3 Å². The number of rotatable bonds is 7. The van der Waals surface area contributed by atoms with Crippen LogP contribution in [-0.2, 0) is 0 Å². The number of urea groups is 1. The molecule has 8 nitrogen and oxygen atoms in total. The van der Waals surface area contributed by atoms with Crippen molar-refractivity contribution >= 4 is 29.0 Å². The fraction of sp³-hybridized carbons (Fsp3) is 0.167. The summed E-state index contributed by atoms with van der Waals surface area (Å²) < 4.78 is 13.7. The zero-order chi connectivity index (χ0) is 27.2. The summed E-state index contributed by atoms with van der Waals surface area (Å²) in [6.45, 7) is 2.79. The summed E-state index contributed by atoms with van der Waals surface area (Å²) in [6, 6.07) is 24.3. The third-order valence-electron chi connectivity index (χ3n) is 6.79. The number of pyridine rings is 1. The first-order valence-corrected chi connectivity index (χ1v) is 12.7. The van der Waals surface area contributed by atoms with Gasteiger partial charge in [0, 0.05) is 49.8 Å². The van der Waals surface area contributed by atoms with Gasteiger partial charge in [-0.2, -0.15) is 0 Å². The van der Waals surface area contributed by atoms with Crippen LogP contribution < -0.4 is 21.3 Å². The maximum absolute atomic E-state index is 13.7. The van der Waals surface area contributed by atoms with Crippen LogP contribution in [0.25, 0.3) is 0 Å². The molecule has 4 N–H and O–H groups in total. The van der Waals surface area contributed by atoms with E-state index in [2.05, 4.69) is 25.4 Å². The first-order chi connectivity index (χ1) is 19.0. The Labute approximate surface area is 226 Å². The second kappa shape index (κ2) is 11.7. The van der Waals surface area contributed by atoms with E-state index in [0.717, 1.165) is 29.9 Å². The predicted octanol–water partition coefficient (Wildman–Crippen LogP) is 4.88. The van der Waals surface area contributed by atoms with Crippen molar-refractivity contribution in [1.29, 1.82) is 0 Å². The molecule has 1 aliphatic heterocycles. The fourth-order valence-electron chi connectivity index (χ4n) is 4.90. The van der Waals surface area contributed by atoms with Gasteiger partial charge < -0.3 is 21.3 Å². The Morgan fingerprint density at radius 2 is 1.49 bits per heavy atom. The van der Waals surface area contributed by atoms with Crippen LogP contribution in [0, 0.1) is 5.82 Å². The highest BCUT2D eigenvalue weighted by atomic mass is 19.1.